The third-order valence-electron chi connectivity index (χ3n) is 3.01. The van der Waals surface area contributed by atoms with Crippen LogP contribution >= 0.6 is 47.3 Å². The van der Waals surface area contributed by atoms with Crippen LogP contribution in [0.25, 0.3) is 11.0 Å². The molecule has 1 aliphatic rings. The maximum absolute atomic E-state index is 6.29. The molecule has 0 spiro atoms. The minimum atomic E-state index is 0.630. The zero-order chi connectivity index (χ0) is 12.5. The van der Waals surface area contributed by atoms with Crippen molar-refractivity contribution in [1.82, 2.24) is 9.55 Å². The van der Waals surface area contributed by atoms with Gasteiger partial charge in [0.1, 0.15) is 0 Å². The molecule has 0 aliphatic carbocycles. The Morgan fingerprint density at radius 2 is 2.33 bits per heavy atom. The third kappa shape index (κ3) is 2.46. The molecule has 18 heavy (non-hydrogen) atoms. The van der Waals surface area contributed by atoms with Crippen molar-refractivity contribution in [2.45, 2.75) is 11.8 Å². The van der Waals surface area contributed by atoms with Gasteiger partial charge < -0.3 is 9.55 Å². The first-order chi connectivity index (χ1) is 8.75. The largest absolute Gasteiger partial charge is 0.331 e. The number of benzene rings is 1. The number of nitrogens with zero attached hydrogens (tertiary/aromatic N) is 1. The molecule has 6 heteroatoms. The molecule has 1 atom stereocenters. The topological polar surface area (TPSA) is 20.7 Å². The lowest BCUT2D eigenvalue weighted by molar-refractivity contribution is 0.705. The van der Waals surface area contributed by atoms with Crippen LogP contribution in [0.1, 0.15) is 0 Å². The van der Waals surface area contributed by atoms with E-state index in [1.54, 1.807) is 0 Å². The number of nitrogens with one attached hydrogen (secondary N) is 1. The van der Waals surface area contributed by atoms with E-state index in [-0.39, 0.29) is 0 Å². The molecule has 1 N–H and O–H groups in total. The fraction of sp³-hybridized carbons (Fsp3) is 0.417. The molecule has 0 radical (unpaired) electrons. The van der Waals surface area contributed by atoms with E-state index in [1.165, 1.54) is 17.3 Å². The van der Waals surface area contributed by atoms with E-state index in [2.05, 4.69) is 9.55 Å². The first-order valence-electron chi connectivity index (χ1n) is 5.82. The normalized spacial score (nSPS) is 20.4. The molecule has 0 amide bonds. The van der Waals surface area contributed by atoms with Crippen LogP contribution in [0.2, 0.25) is 5.02 Å². The van der Waals surface area contributed by atoms with E-state index in [1.807, 2.05) is 41.7 Å². The number of hydrogen-bond donors (Lipinski definition) is 1. The molecule has 3 rings (SSSR count). The Balaban J connectivity index is 2.00. The summed E-state index contributed by atoms with van der Waals surface area (Å²) in [5, 5.41) is 1.40. The van der Waals surface area contributed by atoms with E-state index in [0.29, 0.717) is 5.25 Å². The van der Waals surface area contributed by atoms with Crippen LogP contribution < -0.4 is 0 Å². The summed E-state index contributed by atoms with van der Waals surface area (Å²) in [4.78, 5) is 3.23. The Kier molecular flexibility index (Phi) is 3.94. The lowest BCUT2D eigenvalue weighted by Crippen LogP contribution is -2.20. The number of H-pyrrole nitrogens is 1. The highest BCUT2D eigenvalue weighted by atomic mass is 35.5. The Morgan fingerprint density at radius 3 is 3.11 bits per heavy atom. The van der Waals surface area contributed by atoms with Crippen LogP contribution in [0, 0.1) is 4.77 Å². The zero-order valence-corrected chi connectivity index (χ0v) is 12.9. The molecule has 0 saturated carbocycles. The molecule has 2 aromatic rings. The van der Waals surface area contributed by atoms with Crippen molar-refractivity contribution in [3.05, 3.63) is 28.0 Å². The molecule has 1 unspecified atom stereocenters. The minimum Gasteiger partial charge on any atom is -0.331 e. The van der Waals surface area contributed by atoms with E-state index >= 15 is 0 Å². The van der Waals surface area contributed by atoms with Gasteiger partial charge in [0.15, 0.2) is 4.77 Å². The van der Waals surface area contributed by atoms with E-state index in [4.69, 9.17) is 23.8 Å². The highest BCUT2D eigenvalue weighted by molar-refractivity contribution is 8.06. The predicted octanol–water partition coefficient (Wildman–Crippen LogP) is 4.20. The van der Waals surface area contributed by atoms with Gasteiger partial charge in [-0.3, -0.25) is 0 Å². The number of fused-ring (bicyclic) bond motifs is 1. The van der Waals surface area contributed by atoms with E-state index in [0.717, 1.165) is 27.4 Å². The van der Waals surface area contributed by atoms with Gasteiger partial charge in [-0.05, 0) is 24.4 Å². The van der Waals surface area contributed by atoms with Crippen LogP contribution in [0.4, 0.5) is 0 Å². The summed E-state index contributed by atoms with van der Waals surface area (Å²) in [6.07, 6.45) is 0. The van der Waals surface area contributed by atoms with Crippen LogP contribution in [0.3, 0.4) is 0 Å². The first-order valence-corrected chi connectivity index (χ1v) is 8.81. The number of halogens is 1. The summed E-state index contributed by atoms with van der Waals surface area (Å²) in [5.74, 6) is 3.70. The summed E-state index contributed by atoms with van der Waals surface area (Å²) in [6.45, 7) is 0.945. The molecule has 1 aromatic carbocycles. The molecule has 2 nitrogen and oxygen atoms in total. The highest BCUT2D eigenvalue weighted by Gasteiger charge is 2.17. The second-order valence-electron chi connectivity index (χ2n) is 4.24. The number of para-hydroxylation sites is 1. The Hall–Kier alpha value is -0.100. The SMILES string of the molecule is S=c1[nH]c2cccc(Cl)c2n1CC1CSCCS1. The predicted molar refractivity (Wildman–Crippen MR) is 85.7 cm³/mol. The van der Waals surface area contributed by atoms with Gasteiger partial charge in [-0.15, -0.1) is 0 Å². The number of imidazole rings is 1. The van der Waals surface area contributed by atoms with Crippen molar-refractivity contribution in [2.24, 2.45) is 0 Å². The maximum Gasteiger partial charge on any atom is 0.178 e. The zero-order valence-electron chi connectivity index (χ0n) is 9.69. The molecule has 0 bridgehead atoms. The van der Waals surface area contributed by atoms with Crippen molar-refractivity contribution in [3.63, 3.8) is 0 Å². The van der Waals surface area contributed by atoms with E-state index < -0.39 is 0 Å². The molecule has 1 aliphatic heterocycles. The third-order valence-corrected chi connectivity index (χ3v) is 6.47. The van der Waals surface area contributed by atoms with Crippen LogP contribution in [-0.4, -0.2) is 32.1 Å². The molecule has 96 valence electrons. The Labute approximate surface area is 124 Å². The summed E-state index contributed by atoms with van der Waals surface area (Å²) in [5.41, 5.74) is 2.07. The number of aromatic amines is 1. The molecule has 1 aromatic heterocycles. The van der Waals surface area contributed by atoms with Gasteiger partial charge in [-0.25, -0.2) is 0 Å². The molecule has 1 saturated heterocycles. The van der Waals surface area contributed by atoms with Gasteiger partial charge in [-0.1, -0.05) is 17.7 Å². The average molecular weight is 317 g/mol. The van der Waals surface area contributed by atoms with Gasteiger partial charge in [-0.2, -0.15) is 23.5 Å². The lowest BCUT2D eigenvalue weighted by atomic mass is 10.3. The second kappa shape index (κ2) is 5.49. The highest BCUT2D eigenvalue weighted by Crippen LogP contribution is 2.28. The van der Waals surface area contributed by atoms with Crippen molar-refractivity contribution in [2.75, 3.05) is 17.3 Å². The summed E-state index contributed by atoms with van der Waals surface area (Å²) in [6, 6.07) is 5.90. The maximum atomic E-state index is 6.29. The minimum absolute atomic E-state index is 0.630. The molecular formula is C12H13ClN2S3. The van der Waals surface area contributed by atoms with Gasteiger partial charge in [0.2, 0.25) is 0 Å². The summed E-state index contributed by atoms with van der Waals surface area (Å²) < 4.78 is 2.92. The number of aromatic nitrogens is 2. The second-order valence-corrected chi connectivity index (χ2v) is 7.60. The Bertz CT molecular complexity index is 613. The number of thioether (sulfide) groups is 2. The van der Waals surface area contributed by atoms with Gasteiger partial charge in [0, 0.05) is 29.1 Å². The monoisotopic (exact) mass is 316 g/mol. The standard InChI is InChI=1S/C12H13ClN2S3/c13-9-2-1-3-10-11(9)15(12(16)14-10)6-8-7-17-4-5-18-8/h1-3,8H,4-7H2,(H,14,16). The van der Waals surface area contributed by atoms with Gasteiger partial charge in [0.25, 0.3) is 0 Å². The van der Waals surface area contributed by atoms with Crippen molar-refractivity contribution in [3.8, 4) is 0 Å². The van der Waals surface area contributed by atoms with Crippen LogP contribution in [0.15, 0.2) is 18.2 Å². The summed E-state index contributed by atoms with van der Waals surface area (Å²) >= 11 is 15.8. The quantitative estimate of drug-likeness (QED) is 0.839. The smallest absolute Gasteiger partial charge is 0.178 e. The molecule has 1 fully saturated rings. The van der Waals surface area contributed by atoms with Gasteiger partial charge >= 0.3 is 0 Å². The van der Waals surface area contributed by atoms with Crippen molar-refractivity contribution < 1.29 is 0 Å². The van der Waals surface area contributed by atoms with Gasteiger partial charge in [0.05, 0.1) is 16.1 Å². The average Bonchev–Trinajstić information content (AvgIpc) is 2.69. The number of rotatable bonds is 2. The van der Waals surface area contributed by atoms with Crippen molar-refractivity contribution >= 4 is 58.4 Å². The fourth-order valence-corrected chi connectivity index (χ4v) is 5.40. The summed E-state index contributed by atoms with van der Waals surface area (Å²) in [7, 11) is 0. The molecular weight excluding hydrogens is 304 g/mol. The van der Waals surface area contributed by atoms with Crippen molar-refractivity contribution in [1.29, 1.82) is 0 Å². The Morgan fingerprint density at radius 1 is 1.44 bits per heavy atom. The van der Waals surface area contributed by atoms with E-state index in [9.17, 15) is 0 Å². The number of hydrogen-bond acceptors (Lipinski definition) is 3. The lowest BCUT2D eigenvalue weighted by Gasteiger charge is -2.21. The first kappa shape index (κ1) is 12.9. The van der Waals surface area contributed by atoms with Crippen LogP contribution in [0.5, 0.6) is 0 Å². The molecule has 2 heterocycles. The fourth-order valence-electron chi connectivity index (χ4n) is 2.19. The van der Waals surface area contributed by atoms with Crippen LogP contribution in [-0.2, 0) is 6.54 Å².